The third kappa shape index (κ3) is 4.33. The first kappa shape index (κ1) is 16.1. The summed E-state index contributed by atoms with van der Waals surface area (Å²) < 4.78 is 27.5. The molecular formula is C15H20F2N2OS. The van der Waals surface area contributed by atoms with Gasteiger partial charge in [-0.1, -0.05) is 6.42 Å². The van der Waals surface area contributed by atoms with Gasteiger partial charge in [0.1, 0.15) is 17.3 Å². The Bertz CT molecular complexity index is 481. The van der Waals surface area contributed by atoms with Gasteiger partial charge in [-0.2, -0.15) is 11.8 Å². The van der Waals surface area contributed by atoms with Crippen molar-refractivity contribution in [3.63, 3.8) is 0 Å². The van der Waals surface area contributed by atoms with Crippen LogP contribution in [0.4, 0.5) is 14.5 Å². The van der Waals surface area contributed by atoms with Gasteiger partial charge in [-0.3, -0.25) is 4.79 Å². The van der Waals surface area contributed by atoms with E-state index in [0.717, 1.165) is 24.3 Å². The highest BCUT2D eigenvalue weighted by Crippen LogP contribution is 2.24. The second-order valence-electron chi connectivity index (χ2n) is 5.04. The van der Waals surface area contributed by atoms with Crippen LogP contribution in [0.1, 0.15) is 36.5 Å². The van der Waals surface area contributed by atoms with Crippen LogP contribution in [0.15, 0.2) is 12.1 Å². The summed E-state index contributed by atoms with van der Waals surface area (Å²) >= 11 is 1.84. The summed E-state index contributed by atoms with van der Waals surface area (Å²) in [7, 11) is 0. The number of amides is 1. The Balaban J connectivity index is 1.98. The maximum Gasteiger partial charge on any atom is 0.251 e. The van der Waals surface area contributed by atoms with E-state index in [2.05, 4.69) is 10.6 Å². The Hall–Kier alpha value is -1.30. The molecular weight excluding hydrogens is 294 g/mol. The zero-order chi connectivity index (χ0) is 15.2. The number of carbonyl (C=O) groups excluding carboxylic acids is 1. The molecule has 0 aromatic heterocycles. The summed E-state index contributed by atoms with van der Waals surface area (Å²) in [5.41, 5.74) is -0.163. The smallest absolute Gasteiger partial charge is 0.251 e. The van der Waals surface area contributed by atoms with E-state index in [4.69, 9.17) is 0 Å². The molecule has 6 heteroatoms. The largest absolute Gasteiger partial charge is 0.381 e. The van der Waals surface area contributed by atoms with Gasteiger partial charge in [-0.05, 0) is 37.7 Å². The summed E-state index contributed by atoms with van der Waals surface area (Å²) in [6.45, 7) is 2.71. The fourth-order valence-corrected chi connectivity index (χ4v) is 3.57. The molecule has 1 amide bonds. The summed E-state index contributed by atoms with van der Waals surface area (Å²) in [6.07, 6.45) is 3.47. The molecule has 0 aliphatic carbocycles. The molecule has 1 aliphatic heterocycles. The molecule has 1 heterocycles. The van der Waals surface area contributed by atoms with Crippen molar-refractivity contribution >= 4 is 23.4 Å². The summed E-state index contributed by atoms with van der Waals surface area (Å²) in [5.74, 6) is -0.800. The molecule has 21 heavy (non-hydrogen) atoms. The van der Waals surface area contributed by atoms with Crippen molar-refractivity contribution in [2.45, 2.75) is 31.4 Å². The van der Waals surface area contributed by atoms with E-state index in [9.17, 15) is 13.6 Å². The van der Waals surface area contributed by atoms with Gasteiger partial charge in [-0.15, -0.1) is 0 Å². The van der Waals surface area contributed by atoms with Crippen molar-refractivity contribution in [3.8, 4) is 0 Å². The van der Waals surface area contributed by atoms with Gasteiger partial charge >= 0.3 is 0 Å². The maximum absolute atomic E-state index is 13.8. The number of hydrogen-bond acceptors (Lipinski definition) is 3. The average Bonchev–Trinajstić information content (AvgIpc) is 2.49. The van der Waals surface area contributed by atoms with Gasteiger partial charge in [0, 0.05) is 23.9 Å². The van der Waals surface area contributed by atoms with Crippen LogP contribution >= 0.6 is 11.8 Å². The Morgan fingerprint density at radius 3 is 2.62 bits per heavy atom. The molecule has 116 valence electrons. The third-order valence-electron chi connectivity index (χ3n) is 3.42. The first-order valence-corrected chi connectivity index (χ1v) is 8.29. The lowest BCUT2D eigenvalue weighted by atomic mass is 10.1. The molecule has 3 nitrogen and oxygen atoms in total. The quantitative estimate of drug-likeness (QED) is 0.875. The van der Waals surface area contributed by atoms with Crippen LogP contribution in [0, 0.1) is 11.6 Å². The molecule has 1 fully saturated rings. The molecule has 0 radical (unpaired) electrons. The fraction of sp³-hybridized carbons (Fsp3) is 0.533. The molecule has 0 spiro atoms. The van der Waals surface area contributed by atoms with Crippen LogP contribution in [0.3, 0.4) is 0 Å². The number of nitrogens with one attached hydrogen (secondary N) is 2. The lowest BCUT2D eigenvalue weighted by Gasteiger charge is -2.21. The van der Waals surface area contributed by atoms with Crippen LogP contribution in [0.25, 0.3) is 0 Å². The lowest BCUT2D eigenvalue weighted by Crippen LogP contribution is -2.32. The van der Waals surface area contributed by atoms with Gasteiger partial charge in [-0.25, -0.2) is 8.78 Å². The number of halogens is 2. The van der Waals surface area contributed by atoms with Crippen molar-refractivity contribution in [3.05, 3.63) is 29.3 Å². The van der Waals surface area contributed by atoms with E-state index in [-0.39, 0.29) is 11.3 Å². The fourth-order valence-electron chi connectivity index (χ4n) is 2.33. The molecule has 1 aromatic carbocycles. The number of rotatable bonds is 5. The zero-order valence-electron chi connectivity index (χ0n) is 12.0. The molecule has 2 N–H and O–H groups in total. The van der Waals surface area contributed by atoms with Crippen molar-refractivity contribution < 1.29 is 13.6 Å². The minimum atomic E-state index is -0.742. The predicted octanol–water partition coefficient (Wildman–Crippen LogP) is 3.41. The molecule has 1 atom stereocenters. The predicted molar refractivity (Wildman–Crippen MR) is 83.0 cm³/mol. The summed E-state index contributed by atoms with van der Waals surface area (Å²) in [4.78, 5) is 12.0. The molecule has 1 aliphatic rings. The SMILES string of the molecule is CCNc1c(F)cc(C(=O)NCC2CCCCS2)cc1F. The Morgan fingerprint density at radius 1 is 1.33 bits per heavy atom. The van der Waals surface area contributed by atoms with Crippen LogP contribution < -0.4 is 10.6 Å². The highest BCUT2D eigenvalue weighted by Gasteiger charge is 2.17. The van der Waals surface area contributed by atoms with Crippen molar-refractivity contribution in [2.75, 3.05) is 24.2 Å². The van der Waals surface area contributed by atoms with Gasteiger partial charge in [0.2, 0.25) is 0 Å². The summed E-state index contributed by atoms with van der Waals surface area (Å²) in [5, 5.41) is 5.77. The van der Waals surface area contributed by atoms with Crippen molar-refractivity contribution in [2.24, 2.45) is 0 Å². The van der Waals surface area contributed by atoms with Crippen molar-refractivity contribution in [1.82, 2.24) is 5.32 Å². The third-order valence-corrected chi connectivity index (χ3v) is 4.82. The molecule has 2 rings (SSSR count). The van der Waals surface area contributed by atoms with Gasteiger partial charge in [0.05, 0.1) is 0 Å². The van der Waals surface area contributed by atoms with E-state index >= 15 is 0 Å². The lowest BCUT2D eigenvalue weighted by molar-refractivity contribution is 0.0952. The maximum atomic E-state index is 13.8. The number of benzene rings is 1. The number of carbonyl (C=O) groups is 1. The summed E-state index contributed by atoms with van der Waals surface area (Å²) in [6, 6.07) is 2.15. The minimum absolute atomic E-state index is 0.0208. The Labute approximate surface area is 127 Å². The molecule has 1 unspecified atom stereocenters. The first-order chi connectivity index (χ1) is 10.1. The Kier molecular flexibility index (Phi) is 5.85. The van der Waals surface area contributed by atoms with Crippen LogP contribution in [0.5, 0.6) is 0 Å². The highest BCUT2D eigenvalue weighted by molar-refractivity contribution is 7.99. The highest BCUT2D eigenvalue weighted by atomic mass is 32.2. The van der Waals surface area contributed by atoms with Crippen LogP contribution in [0.2, 0.25) is 0 Å². The topological polar surface area (TPSA) is 41.1 Å². The van der Waals surface area contributed by atoms with Gasteiger partial charge in [0.25, 0.3) is 5.91 Å². The monoisotopic (exact) mass is 314 g/mol. The molecule has 1 saturated heterocycles. The number of hydrogen-bond donors (Lipinski definition) is 2. The number of anilines is 1. The van der Waals surface area contributed by atoms with Crippen LogP contribution in [-0.2, 0) is 0 Å². The van der Waals surface area contributed by atoms with E-state index in [1.54, 1.807) is 6.92 Å². The van der Waals surface area contributed by atoms with Gasteiger partial charge in [0.15, 0.2) is 0 Å². The van der Waals surface area contributed by atoms with E-state index in [0.29, 0.717) is 18.3 Å². The Morgan fingerprint density at radius 2 is 2.05 bits per heavy atom. The average molecular weight is 314 g/mol. The van der Waals surface area contributed by atoms with E-state index in [1.807, 2.05) is 11.8 Å². The molecule has 1 aromatic rings. The second kappa shape index (κ2) is 7.64. The molecule has 0 saturated carbocycles. The van der Waals surface area contributed by atoms with Gasteiger partial charge < -0.3 is 10.6 Å². The molecule has 0 bridgehead atoms. The normalized spacial score (nSPS) is 18.3. The zero-order valence-corrected chi connectivity index (χ0v) is 12.9. The standard InChI is InChI=1S/C15H20F2N2OS/c1-2-18-14-12(16)7-10(8-13(14)17)15(20)19-9-11-5-3-4-6-21-11/h7-8,11,18H,2-6,9H2,1H3,(H,19,20). The number of thioether (sulfide) groups is 1. The van der Waals surface area contributed by atoms with E-state index in [1.165, 1.54) is 12.8 Å². The van der Waals surface area contributed by atoms with Crippen molar-refractivity contribution in [1.29, 1.82) is 0 Å². The second-order valence-corrected chi connectivity index (χ2v) is 6.45. The first-order valence-electron chi connectivity index (χ1n) is 7.24. The minimum Gasteiger partial charge on any atom is -0.381 e. The van der Waals surface area contributed by atoms with Crippen LogP contribution in [-0.4, -0.2) is 30.0 Å². The van der Waals surface area contributed by atoms with E-state index < -0.39 is 17.5 Å².